The number of hydrogen-bond donors (Lipinski definition) is 1. The fourth-order valence-electron chi connectivity index (χ4n) is 1.55. The molecule has 0 saturated carbocycles. The van der Waals surface area contributed by atoms with Crippen LogP contribution in [0.25, 0.3) is 0 Å². The molecular weight excluding hydrogens is 210 g/mol. The van der Waals surface area contributed by atoms with Crippen molar-refractivity contribution in [3.63, 3.8) is 0 Å². The van der Waals surface area contributed by atoms with Crippen LogP contribution < -0.4 is 4.90 Å². The number of nitrogens with zero attached hydrogens (tertiary/aromatic N) is 1. The highest BCUT2D eigenvalue weighted by Gasteiger charge is 2.14. The van der Waals surface area contributed by atoms with Crippen LogP contribution in [0.5, 0.6) is 0 Å². The number of carbonyl (C=O) groups is 1. The van der Waals surface area contributed by atoms with Gasteiger partial charge in [0.2, 0.25) is 0 Å². The van der Waals surface area contributed by atoms with E-state index in [2.05, 4.69) is 6.07 Å². The minimum atomic E-state index is -0.935. The average molecular weight is 225 g/mol. The molecule has 0 heterocycles. The Morgan fingerprint density at radius 2 is 2.00 bits per heavy atom. The molecule has 3 nitrogen and oxygen atoms in total. The number of carboxylic acid groups (broad SMARTS) is 1. The minimum Gasteiger partial charge on any atom is -0.465 e. The second kappa shape index (κ2) is 4.57. The van der Waals surface area contributed by atoms with Gasteiger partial charge in [0.15, 0.2) is 0 Å². The summed E-state index contributed by atoms with van der Waals surface area (Å²) in [5, 5.41) is 8.95. The Bertz CT molecular complexity index is 390. The molecule has 1 aromatic carbocycles. The maximum absolute atomic E-state index is 10.9. The second-order valence-corrected chi connectivity index (χ2v) is 4.29. The van der Waals surface area contributed by atoms with E-state index in [1.165, 1.54) is 4.90 Å². The molecule has 1 N–H and O–H groups in total. The first-order valence-corrected chi connectivity index (χ1v) is 5.81. The molecular formula is C11H15NO2S. The number of amides is 1. The van der Waals surface area contributed by atoms with Gasteiger partial charge in [0, 0.05) is 11.9 Å². The lowest BCUT2D eigenvalue weighted by Crippen LogP contribution is -2.24. The van der Waals surface area contributed by atoms with Gasteiger partial charge in [-0.1, -0.05) is 6.07 Å². The molecule has 0 atom stereocenters. The average Bonchev–Trinajstić information content (AvgIpc) is 2.15. The summed E-state index contributed by atoms with van der Waals surface area (Å²) in [6.07, 6.45) is 1.02. The molecule has 1 aromatic rings. The molecule has 0 fully saturated rings. The van der Waals surface area contributed by atoms with Gasteiger partial charge in [0.25, 0.3) is 0 Å². The van der Waals surface area contributed by atoms with Crippen molar-refractivity contribution in [3.05, 3.63) is 23.3 Å². The van der Waals surface area contributed by atoms with Crippen LogP contribution in [0.3, 0.4) is 0 Å². The SMILES string of the molecule is CSc1c(C)cc(C)cc1N(C)C(=O)O. The van der Waals surface area contributed by atoms with Gasteiger partial charge in [-0.3, -0.25) is 4.90 Å². The van der Waals surface area contributed by atoms with Crippen molar-refractivity contribution in [2.45, 2.75) is 18.7 Å². The van der Waals surface area contributed by atoms with Crippen molar-refractivity contribution in [2.24, 2.45) is 0 Å². The summed E-state index contributed by atoms with van der Waals surface area (Å²) >= 11 is 1.57. The van der Waals surface area contributed by atoms with Gasteiger partial charge in [0.05, 0.1) is 5.69 Å². The molecule has 4 heteroatoms. The lowest BCUT2D eigenvalue weighted by atomic mass is 10.1. The van der Waals surface area contributed by atoms with Crippen LogP contribution in [0.1, 0.15) is 11.1 Å². The molecule has 0 unspecified atom stereocenters. The first-order valence-electron chi connectivity index (χ1n) is 4.59. The molecule has 1 amide bonds. The summed E-state index contributed by atoms with van der Waals surface area (Å²) < 4.78 is 0. The van der Waals surface area contributed by atoms with Gasteiger partial charge >= 0.3 is 6.09 Å². The second-order valence-electron chi connectivity index (χ2n) is 3.48. The van der Waals surface area contributed by atoms with Gasteiger partial charge in [-0.05, 0) is 37.3 Å². The van der Waals surface area contributed by atoms with Crippen LogP contribution in [-0.4, -0.2) is 24.5 Å². The Morgan fingerprint density at radius 1 is 1.40 bits per heavy atom. The van der Waals surface area contributed by atoms with E-state index in [0.717, 1.165) is 21.7 Å². The van der Waals surface area contributed by atoms with Crippen molar-refractivity contribution in [3.8, 4) is 0 Å². The lowest BCUT2D eigenvalue weighted by Gasteiger charge is -2.19. The molecule has 0 aliphatic heterocycles. The third kappa shape index (κ3) is 2.45. The predicted octanol–water partition coefficient (Wildman–Crippen LogP) is 3.14. The monoisotopic (exact) mass is 225 g/mol. The van der Waals surface area contributed by atoms with Crippen molar-refractivity contribution < 1.29 is 9.90 Å². The lowest BCUT2D eigenvalue weighted by molar-refractivity contribution is 0.203. The maximum atomic E-state index is 10.9. The van der Waals surface area contributed by atoms with Gasteiger partial charge < -0.3 is 5.11 Å². The number of hydrogen-bond acceptors (Lipinski definition) is 2. The van der Waals surface area contributed by atoms with Crippen molar-refractivity contribution in [1.29, 1.82) is 0 Å². The number of rotatable bonds is 2. The highest BCUT2D eigenvalue weighted by Crippen LogP contribution is 2.32. The summed E-state index contributed by atoms with van der Waals surface area (Å²) in [4.78, 5) is 13.2. The number of thioether (sulfide) groups is 1. The van der Waals surface area contributed by atoms with Crippen LogP contribution >= 0.6 is 11.8 Å². The molecule has 82 valence electrons. The molecule has 0 bridgehead atoms. The standard InChI is InChI=1S/C11H15NO2S/c1-7-5-8(2)10(15-4)9(6-7)12(3)11(13)14/h5-6H,1-4H3,(H,13,14). The fraction of sp³-hybridized carbons (Fsp3) is 0.364. The first-order chi connectivity index (χ1) is 6.97. The Balaban J connectivity index is 3.32. The van der Waals surface area contributed by atoms with Crippen LogP contribution in [0.15, 0.2) is 17.0 Å². The number of aryl methyl sites for hydroxylation is 2. The molecule has 0 saturated heterocycles. The van der Waals surface area contributed by atoms with E-state index < -0.39 is 6.09 Å². The van der Waals surface area contributed by atoms with E-state index in [4.69, 9.17) is 5.11 Å². The van der Waals surface area contributed by atoms with E-state index >= 15 is 0 Å². The van der Waals surface area contributed by atoms with E-state index in [9.17, 15) is 4.79 Å². The molecule has 0 spiro atoms. The fourth-order valence-corrected chi connectivity index (χ4v) is 2.34. The molecule has 0 aromatic heterocycles. The van der Waals surface area contributed by atoms with Gasteiger partial charge in [-0.2, -0.15) is 0 Å². The smallest absolute Gasteiger partial charge is 0.411 e. The molecule has 0 radical (unpaired) electrons. The third-order valence-electron chi connectivity index (χ3n) is 2.25. The highest BCUT2D eigenvalue weighted by atomic mass is 32.2. The molecule has 15 heavy (non-hydrogen) atoms. The predicted molar refractivity (Wildman–Crippen MR) is 64.1 cm³/mol. The van der Waals surface area contributed by atoms with Gasteiger partial charge in [-0.15, -0.1) is 11.8 Å². The number of benzene rings is 1. The third-order valence-corrected chi connectivity index (χ3v) is 3.19. The van der Waals surface area contributed by atoms with E-state index in [1.807, 2.05) is 26.2 Å². The van der Waals surface area contributed by atoms with Crippen LogP contribution in [0.2, 0.25) is 0 Å². The topological polar surface area (TPSA) is 40.5 Å². The minimum absolute atomic E-state index is 0.757. The summed E-state index contributed by atoms with van der Waals surface area (Å²) in [5.74, 6) is 0. The zero-order valence-electron chi connectivity index (χ0n) is 9.37. The Kier molecular flexibility index (Phi) is 3.63. The van der Waals surface area contributed by atoms with Crippen LogP contribution in [0.4, 0.5) is 10.5 Å². The number of anilines is 1. The normalized spacial score (nSPS) is 10.1. The summed E-state index contributed by atoms with van der Waals surface area (Å²) in [6, 6.07) is 3.96. The van der Waals surface area contributed by atoms with E-state index in [-0.39, 0.29) is 0 Å². The summed E-state index contributed by atoms with van der Waals surface area (Å²) in [6.45, 7) is 3.97. The van der Waals surface area contributed by atoms with E-state index in [0.29, 0.717) is 0 Å². The highest BCUT2D eigenvalue weighted by molar-refractivity contribution is 7.98. The molecule has 0 aliphatic rings. The zero-order chi connectivity index (χ0) is 11.6. The van der Waals surface area contributed by atoms with Crippen molar-refractivity contribution in [2.75, 3.05) is 18.2 Å². The van der Waals surface area contributed by atoms with Crippen LogP contribution in [0, 0.1) is 13.8 Å². The Labute approximate surface area is 94.1 Å². The Hall–Kier alpha value is -1.16. The van der Waals surface area contributed by atoms with Gasteiger partial charge in [-0.25, -0.2) is 4.79 Å². The zero-order valence-corrected chi connectivity index (χ0v) is 10.2. The van der Waals surface area contributed by atoms with Gasteiger partial charge in [0.1, 0.15) is 0 Å². The largest absolute Gasteiger partial charge is 0.465 e. The Morgan fingerprint density at radius 3 is 2.47 bits per heavy atom. The van der Waals surface area contributed by atoms with Crippen molar-refractivity contribution >= 4 is 23.5 Å². The quantitative estimate of drug-likeness (QED) is 0.786. The summed E-state index contributed by atoms with van der Waals surface area (Å²) in [7, 11) is 1.57. The maximum Gasteiger partial charge on any atom is 0.411 e. The van der Waals surface area contributed by atoms with E-state index in [1.54, 1.807) is 18.8 Å². The molecule has 1 rings (SSSR count). The molecule has 0 aliphatic carbocycles. The van der Waals surface area contributed by atoms with Crippen LogP contribution in [-0.2, 0) is 0 Å². The van der Waals surface area contributed by atoms with Crippen molar-refractivity contribution in [1.82, 2.24) is 0 Å². The first kappa shape index (κ1) is 11.9. The summed E-state index contributed by atoms with van der Waals surface area (Å²) in [5.41, 5.74) is 2.95.